The number of ether oxygens (including phenoxy) is 1. The number of rotatable bonds is 11. The molecule has 0 heterocycles. The number of hydrogen-bond donors (Lipinski definition) is 2. The molecule has 3 aromatic rings. The number of benzene rings is 3. The molecule has 37 heavy (non-hydrogen) atoms. The Balaban J connectivity index is 1.43. The van der Waals surface area contributed by atoms with Gasteiger partial charge in [-0.25, -0.2) is 4.79 Å². The lowest BCUT2D eigenvalue weighted by atomic mass is 9.98. The van der Waals surface area contributed by atoms with Crippen LogP contribution in [0.25, 0.3) is 11.1 Å². The minimum absolute atomic E-state index is 0.0512. The van der Waals surface area contributed by atoms with E-state index in [1.807, 2.05) is 61.5 Å². The highest BCUT2D eigenvalue weighted by Crippen LogP contribution is 2.44. The van der Waals surface area contributed by atoms with Crippen molar-refractivity contribution in [3.05, 3.63) is 95.6 Å². The molecule has 0 saturated heterocycles. The molecule has 1 aliphatic rings. The zero-order chi connectivity index (χ0) is 26.2. The Morgan fingerprint density at radius 1 is 0.919 bits per heavy atom. The van der Waals surface area contributed by atoms with E-state index in [1.165, 1.54) is 4.90 Å². The molecule has 192 valence electrons. The van der Waals surface area contributed by atoms with Crippen LogP contribution in [0.2, 0.25) is 0 Å². The molecule has 1 aliphatic carbocycles. The van der Waals surface area contributed by atoms with Crippen LogP contribution in [0.4, 0.5) is 4.79 Å². The Bertz CT molecular complexity index is 1200. The van der Waals surface area contributed by atoms with E-state index in [0.717, 1.165) is 27.8 Å². The molecule has 0 saturated carbocycles. The van der Waals surface area contributed by atoms with Crippen LogP contribution in [0, 0.1) is 0 Å². The SMILES string of the molecule is CCC[C@H](NC(=O)OCC1c2ccccc2-c2ccccc21)C(=O)N(CCC(=O)O)Cc1ccccc1. The van der Waals surface area contributed by atoms with E-state index in [-0.39, 0.29) is 37.9 Å². The summed E-state index contributed by atoms with van der Waals surface area (Å²) in [5.41, 5.74) is 5.39. The van der Waals surface area contributed by atoms with Gasteiger partial charge in [-0.3, -0.25) is 9.59 Å². The van der Waals surface area contributed by atoms with Gasteiger partial charge in [0.15, 0.2) is 0 Å². The van der Waals surface area contributed by atoms with Crippen LogP contribution in [-0.4, -0.2) is 47.2 Å². The summed E-state index contributed by atoms with van der Waals surface area (Å²) in [7, 11) is 0. The molecule has 0 spiro atoms. The van der Waals surface area contributed by atoms with E-state index >= 15 is 0 Å². The third-order valence-electron chi connectivity index (χ3n) is 6.63. The first-order chi connectivity index (χ1) is 18.0. The van der Waals surface area contributed by atoms with Gasteiger partial charge >= 0.3 is 12.1 Å². The topological polar surface area (TPSA) is 95.9 Å². The zero-order valence-corrected chi connectivity index (χ0v) is 20.9. The largest absolute Gasteiger partial charge is 0.481 e. The molecule has 7 heteroatoms. The van der Waals surface area contributed by atoms with Crippen molar-refractivity contribution >= 4 is 18.0 Å². The number of hydrogen-bond acceptors (Lipinski definition) is 4. The molecule has 2 N–H and O–H groups in total. The van der Waals surface area contributed by atoms with Gasteiger partial charge in [0.05, 0.1) is 6.42 Å². The monoisotopic (exact) mass is 500 g/mol. The number of carbonyl (C=O) groups is 3. The number of amides is 2. The second-order valence-electron chi connectivity index (χ2n) is 9.20. The first-order valence-electron chi connectivity index (χ1n) is 12.6. The third kappa shape index (κ3) is 6.36. The Labute approximate surface area is 217 Å². The van der Waals surface area contributed by atoms with Crippen LogP contribution in [-0.2, 0) is 20.9 Å². The lowest BCUT2D eigenvalue weighted by molar-refractivity contribution is -0.139. The highest BCUT2D eigenvalue weighted by atomic mass is 16.5. The Morgan fingerprint density at radius 3 is 2.11 bits per heavy atom. The number of carboxylic acid groups (broad SMARTS) is 1. The minimum Gasteiger partial charge on any atom is -0.481 e. The molecule has 3 aromatic carbocycles. The molecule has 0 fully saturated rings. The van der Waals surface area contributed by atoms with Crippen LogP contribution >= 0.6 is 0 Å². The van der Waals surface area contributed by atoms with E-state index in [2.05, 4.69) is 29.6 Å². The molecule has 1 atom stereocenters. The zero-order valence-electron chi connectivity index (χ0n) is 20.9. The Hall–Kier alpha value is -4.13. The summed E-state index contributed by atoms with van der Waals surface area (Å²) in [5.74, 6) is -1.38. The van der Waals surface area contributed by atoms with E-state index in [4.69, 9.17) is 4.74 Å². The summed E-state index contributed by atoms with van der Waals surface area (Å²) in [6.45, 7) is 2.40. The predicted octanol–water partition coefficient (Wildman–Crippen LogP) is 5.20. The van der Waals surface area contributed by atoms with Crippen LogP contribution in [0.5, 0.6) is 0 Å². The summed E-state index contributed by atoms with van der Waals surface area (Å²) >= 11 is 0. The average Bonchev–Trinajstić information content (AvgIpc) is 3.23. The fraction of sp³-hybridized carbons (Fsp3) is 0.300. The van der Waals surface area contributed by atoms with Gasteiger partial charge in [0.25, 0.3) is 0 Å². The number of nitrogens with one attached hydrogen (secondary N) is 1. The summed E-state index contributed by atoms with van der Waals surface area (Å²) in [4.78, 5) is 39.0. The van der Waals surface area contributed by atoms with Crippen molar-refractivity contribution < 1.29 is 24.2 Å². The molecule has 7 nitrogen and oxygen atoms in total. The minimum atomic E-state index is -0.984. The van der Waals surface area contributed by atoms with Gasteiger partial charge in [0.1, 0.15) is 12.6 Å². The number of fused-ring (bicyclic) bond motifs is 3. The van der Waals surface area contributed by atoms with Gasteiger partial charge in [0, 0.05) is 19.0 Å². The van der Waals surface area contributed by atoms with E-state index in [0.29, 0.717) is 12.8 Å². The summed E-state index contributed by atoms with van der Waals surface area (Å²) in [6, 6.07) is 24.8. The molecule has 0 unspecified atom stereocenters. The molecule has 0 bridgehead atoms. The predicted molar refractivity (Wildman–Crippen MR) is 141 cm³/mol. The highest BCUT2D eigenvalue weighted by Gasteiger charge is 2.30. The smallest absolute Gasteiger partial charge is 0.407 e. The molecule has 0 radical (unpaired) electrons. The van der Waals surface area contributed by atoms with Crippen molar-refractivity contribution in [2.24, 2.45) is 0 Å². The fourth-order valence-corrected chi connectivity index (χ4v) is 4.85. The van der Waals surface area contributed by atoms with E-state index < -0.39 is 18.1 Å². The summed E-state index contributed by atoms with van der Waals surface area (Å²) in [5, 5.41) is 11.9. The van der Waals surface area contributed by atoms with Crippen molar-refractivity contribution in [1.82, 2.24) is 10.2 Å². The van der Waals surface area contributed by atoms with Gasteiger partial charge in [-0.05, 0) is 34.2 Å². The molecule has 0 aliphatic heterocycles. The molecule has 4 rings (SSSR count). The second-order valence-corrected chi connectivity index (χ2v) is 9.20. The summed E-state index contributed by atoms with van der Waals surface area (Å²) < 4.78 is 5.65. The standard InChI is InChI=1S/C30H32N2O5/c1-2-10-27(29(35)32(18-17-28(33)34)19-21-11-4-3-5-12-21)31-30(36)37-20-26-24-15-8-6-13-22(24)23-14-7-9-16-25(23)26/h3-9,11-16,26-27H,2,10,17-20H2,1H3,(H,31,36)(H,33,34)/t27-/m0/s1. The van der Waals surface area contributed by atoms with Crippen molar-refractivity contribution in [3.63, 3.8) is 0 Å². The molecule has 0 aromatic heterocycles. The maximum Gasteiger partial charge on any atom is 0.407 e. The lowest BCUT2D eigenvalue weighted by Crippen LogP contribution is -2.49. The number of alkyl carbamates (subject to hydrolysis) is 1. The first kappa shape index (κ1) is 25.9. The van der Waals surface area contributed by atoms with E-state index in [1.54, 1.807) is 0 Å². The normalized spacial score (nSPS) is 12.8. The van der Waals surface area contributed by atoms with Crippen molar-refractivity contribution in [3.8, 4) is 11.1 Å². The average molecular weight is 501 g/mol. The van der Waals surface area contributed by atoms with E-state index in [9.17, 15) is 19.5 Å². The highest BCUT2D eigenvalue weighted by molar-refractivity contribution is 5.86. The molecular formula is C30H32N2O5. The maximum absolute atomic E-state index is 13.4. The van der Waals surface area contributed by atoms with Gasteiger partial charge in [-0.15, -0.1) is 0 Å². The lowest BCUT2D eigenvalue weighted by Gasteiger charge is -2.27. The van der Waals surface area contributed by atoms with Crippen LogP contribution in [0.15, 0.2) is 78.9 Å². The van der Waals surface area contributed by atoms with Crippen LogP contribution in [0.3, 0.4) is 0 Å². The second kappa shape index (κ2) is 12.2. The number of nitrogens with zero attached hydrogens (tertiary/aromatic N) is 1. The summed E-state index contributed by atoms with van der Waals surface area (Å²) in [6.07, 6.45) is 0.244. The van der Waals surface area contributed by atoms with Crippen LogP contribution < -0.4 is 5.32 Å². The van der Waals surface area contributed by atoms with Crippen LogP contribution in [0.1, 0.15) is 48.8 Å². The molecular weight excluding hydrogens is 468 g/mol. The number of carboxylic acids is 1. The quantitative estimate of drug-likeness (QED) is 0.377. The fourth-order valence-electron chi connectivity index (χ4n) is 4.85. The van der Waals surface area contributed by atoms with Gasteiger partial charge in [-0.2, -0.15) is 0 Å². The van der Waals surface area contributed by atoms with Crippen molar-refractivity contribution in [2.45, 2.75) is 44.7 Å². The van der Waals surface area contributed by atoms with Gasteiger partial charge < -0.3 is 20.1 Å². The van der Waals surface area contributed by atoms with Crippen molar-refractivity contribution in [1.29, 1.82) is 0 Å². The maximum atomic E-state index is 13.4. The van der Waals surface area contributed by atoms with Crippen molar-refractivity contribution in [2.75, 3.05) is 13.2 Å². The Morgan fingerprint density at radius 2 is 1.51 bits per heavy atom. The van der Waals surface area contributed by atoms with Gasteiger partial charge in [-0.1, -0.05) is 92.2 Å². The first-order valence-corrected chi connectivity index (χ1v) is 12.6. The number of aliphatic carboxylic acids is 1. The number of carbonyl (C=O) groups excluding carboxylic acids is 2. The third-order valence-corrected chi connectivity index (χ3v) is 6.63. The Kier molecular flexibility index (Phi) is 8.56. The van der Waals surface area contributed by atoms with Gasteiger partial charge in [0.2, 0.25) is 5.91 Å². The molecule has 2 amide bonds.